The van der Waals surface area contributed by atoms with Crippen LogP contribution in [0.15, 0.2) is 67.0 Å². The van der Waals surface area contributed by atoms with Crippen molar-refractivity contribution < 1.29 is 14.2 Å². The first-order chi connectivity index (χ1) is 23.5. The minimum atomic E-state index is 0.271. The zero-order chi connectivity index (χ0) is 33.7. The van der Waals surface area contributed by atoms with Crippen LogP contribution in [-0.2, 0) is 19.8 Å². The van der Waals surface area contributed by atoms with Gasteiger partial charge in [0.1, 0.15) is 36.5 Å². The molecule has 0 unspecified atom stereocenters. The van der Waals surface area contributed by atoms with Crippen LogP contribution < -0.4 is 19.5 Å². The zero-order valence-corrected chi connectivity index (χ0v) is 29.2. The largest absolute Gasteiger partial charge is 0.493 e. The third-order valence-corrected chi connectivity index (χ3v) is 9.23. The lowest BCUT2D eigenvalue weighted by Gasteiger charge is -2.19. The molecular weight excluding hydrogens is 620 g/mol. The lowest BCUT2D eigenvalue weighted by atomic mass is 9.93. The van der Waals surface area contributed by atoms with E-state index < -0.39 is 0 Å². The third-order valence-electron chi connectivity index (χ3n) is 8.93. The van der Waals surface area contributed by atoms with Crippen molar-refractivity contribution in [3.05, 3.63) is 105 Å². The van der Waals surface area contributed by atoms with Gasteiger partial charge in [0, 0.05) is 42.7 Å². The lowest BCUT2D eigenvalue weighted by molar-refractivity contribution is 0.262. The number of likely N-dealkylation sites (tertiary alicyclic amines) is 1. The van der Waals surface area contributed by atoms with E-state index in [1.165, 1.54) is 25.9 Å². The van der Waals surface area contributed by atoms with Crippen molar-refractivity contribution in [1.82, 2.24) is 15.2 Å². The van der Waals surface area contributed by atoms with Crippen LogP contribution in [0, 0.1) is 25.2 Å². The fourth-order valence-electron chi connectivity index (χ4n) is 6.10. The van der Waals surface area contributed by atoms with Gasteiger partial charge in [-0.15, -0.1) is 0 Å². The molecule has 0 radical (unpaired) electrons. The molecule has 0 amide bonds. The van der Waals surface area contributed by atoms with Gasteiger partial charge in [0.25, 0.3) is 0 Å². The Hall–Kier alpha value is -4.09. The zero-order valence-electron chi connectivity index (χ0n) is 28.5. The Kier molecular flexibility index (Phi) is 13.1. The SMILES string of the molecule is CCCCNCc1cc(Cl)c(OCc2cccc(-c3cccc(OCCCN4CCCC4)c3C)c2C)cc1OCc1cncc(C#N)c1. The molecule has 0 atom stereocenters. The number of benzene rings is 3. The van der Waals surface area contributed by atoms with Gasteiger partial charge < -0.3 is 24.4 Å². The topological polar surface area (TPSA) is 79.6 Å². The lowest BCUT2D eigenvalue weighted by Crippen LogP contribution is -2.22. The first-order valence-electron chi connectivity index (χ1n) is 17.1. The molecule has 252 valence electrons. The molecule has 1 aliphatic heterocycles. The number of halogens is 1. The van der Waals surface area contributed by atoms with Crippen molar-refractivity contribution in [3.8, 4) is 34.4 Å². The van der Waals surface area contributed by atoms with Crippen LogP contribution in [0.3, 0.4) is 0 Å². The van der Waals surface area contributed by atoms with E-state index in [0.29, 0.717) is 35.2 Å². The molecule has 1 N–H and O–H groups in total. The Morgan fingerprint density at radius 1 is 0.854 bits per heavy atom. The maximum atomic E-state index is 9.27. The molecule has 1 aromatic heterocycles. The van der Waals surface area contributed by atoms with E-state index in [4.69, 9.17) is 25.8 Å². The monoisotopic (exact) mass is 666 g/mol. The summed E-state index contributed by atoms with van der Waals surface area (Å²) in [6.45, 7) is 12.9. The van der Waals surface area contributed by atoms with Gasteiger partial charge in [0.2, 0.25) is 0 Å². The summed E-state index contributed by atoms with van der Waals surface area (Å²) in [5.41, 5.74) is 7.95. The second-order valence-corrected chi connectivity index (χ2v) is 12.9. The molecule has 1 aliphatic rings. The molecule has 0 aliphatic carbocycles. The number of hydrogen-bond donors (Lipinski definition) is 1. The van der Waals surface area contributed by atoms with Crippen molar-refractivity contribution >= 4 is 11.6 Å². The molecule has 0 bridgehead atoms. The number of rotatable bonds is 17. The number of nitriles is 1. The van der Waals surface area contributed by atoms with Crippen LogP contribution >= 0.6 is 11.6 Å². The molecule has 0 spiro atoms. The van der Waals surface area contributed by atoms with E-state index in [9.17, 15) is 5.26 Å². The number of aromatic nitrogens is 1. The van der Waals surface area contributed by atoms with Crippen LogP contribution in [0.4, 0.5) is 0 Å². The minimum Gasteiger partial charge on any atom is -0.493 e. The second-order valence-electron chi connectivity index (χ2n) is 12.5. The highest BCUT2D eigenvalue weighted by Crippen LogP contribution is 2.36. The van der Waals surface area contributed by atoms with Gasteiger partial charge in [-0.05, 0) is 105 Å². The Balaban J connectivity index is 1.29. The van der Waals surface area contributed by atoms with Crippen LogP contribution in [-0.4, -0.2) is 42.7 Å². The summed E-state index contributed by atoms with van der Waals surface area (Å²) in [5, 5.41) is 13.3. The average Bonchev–Trinajstić information content (AvgIpc) is 3.63. The smallest absolute Gasteiger partial charge is 0.142 e. The van der Waals surface area contributed by atoms with Crippen LogP contribution in [0.25, 0.3) is 11.1 Å². The van der Waals surface area contributed by atoms with Gasteiger partial charge in [0.15, 0.2) is 0 Å². The van der Waals surface area contributed by atoms with Gasteiger partial charge in [-0.2, -0.15) is 5.26 Å². The highest BCUT2D eigenvalue weighted by atomic mass is 35.5. The number of hydrogen-bond acceptors (Lipinski definition) is 7. The Bertz CT molecular complexity index is 1700. The third kappa shape index (κ3) is 9.50. The maximum absolute atomic E-state index is 9.27. The van der Waals surface area contributed by atoms with Crippen LogP contribution in [0.1, 0.15) is 72.4 Å². The van der Waals surface area contributed by atoms with Crippen molar-refractivity contribution in [2.75, 3.05) is 32.8 Å². The van der Waals surface area contributed by atoms with E-state index in [-0.39, 0.29) is 6.61 Å². The van der Waals surface area contributed by atoms with Crippen molar-refractivity contribution in [3.63, 3.8) is 0 Å². The highest BCUT2D eigenvalue weighted by Gasteiger charge is 2.16. The van der Waals surface area contributed by atoms with Gasteiger partial charge >= 0.3 is 0 Å². The quantitative estimate of drug-likeness (QED) is 0.113. The van der Waals surface area contributed by atoms with Gasteiger partial charge in [0.05, 0.1) is 17.2 Å². The van der Waals surface area contributed by atoms with Crippen LogP contribution in [0.2, 0.25) is 5.02 Å². The molecule has 2 heterocycles. The molecule has 3 aromatic carbocycles. The first-order valence-corrected chi connectivity index (χ1v) is 17.5. The number of ether oxygens (including phenoxy) is 3. The Labute approximate surface area is 290 Å². The van der Waals surface area contributed by atoms with E-state index >= 15 is 0 Å². The summed E-state index contributed by atoms with van der Waals surface area (Å²) >= 11 is 6.79. The molecule has 5 rings (SSSR count). The fraction of sp³-hybridized carbons (Fsp3) is 0.400. The summed E-state index contributed by atoms with van der Waals surface area (Å²) < 4.78 is 18.9. The highest BCUT2D eigenvalue weighted by molar-refractivity contribution is 6.32. The number of nitrogens with zero attached hydrogens (tertiary/aromatic N) is 3. The van der Waals surface area contributed by atoms with Gasteiger partial charge in [-0.1, -0.05) is 55.3 Å². The fourth-order valence-corrected chi connectivity index (χ4v) is 6.34. The normalized spacial score (nSPS) is 13.0. The van der Waals surface area contributed by atoms with E-state index in [1.807, 2.05) is 12.1 Å². The summed E-state index contributed by atoms with van der Waals surface area (Å²) in [5.74, 6) is 2.17. The molecule has 0 saturated carbocycles. The maximum Gasteiger partial charge on any atom is 0.142 e. The first kappa shape index (κ1) is 35.2. The molecule has 4 aromatic rings. The van der Waals surface area contributed by atoms with E-state index in [2.05, 4.69) is 78.4 Å². The summed E-state index contributed by atoms with van der Waals surface area (Å²) in [6.07, 6.45) is 9.12. The molecule has 1 fully saturated rings. The summed E-state index contributed by atoms with van der Waals surface area (Å²) in [4.78, 5) is 6.69. The standard InChI is InChI=1S/C40H47ClN4O3/c1-4-5-15-43-26-34-21-37(41)40(22-39(34)47-27-32-20-31(23-42)24-44-25-32)48-28-33-11-8-12-35(29(33)2)36-13-9-14-38(30(36)3)46-19-10-18-45-16-6-7-17-45/h8-9,11-14,20-22,24-25,43H,4-7,10,15-19,26-28H2,1-3H3. The average molecular weight is 667 g/mol. The molecule has 1 saturated heterocycles. The predicted molar refractivity (Wildman–Crippen MR) is 193 cm³/mol. The van der Waals surface area contributed by atoms with E-state index in [0.717, 1.165) is 83.7 Å². The van der Waals surface area contributed by atoms with Crippen molar-refractivity contribution in [2.24, 2.45) is 0 Å². The predicted octanol–water partition coefficient (Wildman–Crippen LogP) is 8.80. The van der Waals surface area contributed by atoms with Crippen LogP contribution in [0.5, 0.6) is 17.2 Å². The number of pyridine rings is 1. The molecule has 8 heteroatoms. The minimum absolute atomic E-state index is 0.271. The number of nitrogens with one attached hydrogen (secondary N) is 1. The van der Waals surface area contributed by atoms with Gasteiger partial charge in [-0.3, -0.25) is 4.98 Å². The Morgan fingerprint density at radius 2 is 1.62 bits per heavy atom. The second kappa shape index (κ2) is 17.9. The van der Waals surface area contributed by atoms with E-state index in [1.54, 1.807) is 18.5 Å². The molecule has 48 heavy (non-hydrogen) atoms. The van der Waals surface area contributed by atoms with Gasteiger partial charge in [-0.25, -0.2) is 0 Å². The molecule has 7 nitrogen and oxygen atoms in total. The van der Waals surface area contributed by atoms with Crippen molar-refractivity contribution in [2.45, 2.75) is 72.6 Å². The number of unbranched alkanes of at least 4 members (excludes halogenated alkanes) is 1. The summed E-state index contributed by atoms with van der Waals surface area (Å²) in [6, 6.07) is 20.3. The molecular formula is C40H47ClN4O3. The Morgan fingerprint density at radius 3 is 2.42 bits per heavy atom. The summed E-state index contributed by atoms with van der Waals surface area (Å²) in [7, 11) is 0. The van der Waals surface area contributed by atoms with Crippen molar-refractivity contribution in [1.29, 1.82) is 5.26 Å².